The van der Waals surface area contributed by atoms with E-state index in [9.17, 15) is 10.1 Å². The van der Waals surface area contributed by atoms with Gasteiger partial charge < -0.3 is 15.9 Å². The third kappa shape index (κ3) is 1.22. The number of rotatable bonds is 1. The second kappa shape index (κ2) is 2.57. The summed E-state index contributed by atoms with van der Waals surface area (Å²) in [5.74, 6) is -0.982. The van der Waals surface area contributed by atoms with Gasteiger partial charge in [-0.2, -0.15) is 0 Å². The van der Waals surface area contributed by atoms with Crippen molar-refractivity contribution in [2.24, 2.45) is 0 Å². The lowest BCUT2D eigenvalue weighted by atomic mass is 10.2. The molecule has 0 radical (unpaired) electrons. The molecule has 4 N–H and O–H groups in total. The highest BCUT2D eigenvalue weighted by Gasteiger charge is 2.15. The fourth-order valence-electron chi connectivity index (χ4n) is 0.728. The molecule has 0 atom stereocenters. The van der Waals surface area contributed by atoms with E-state index in [2.05, 4.69) is 0 Å². The quantitative estimate of drug-likeness (QED) is 0.188. The molecular formula is C6H6N2O4. The SMILES string of the molecule is Nc1cc([N+](=O)[O-])c(O)cc1O. The van der Waals surface area contributed by atoms with Crippen LogP contribution >= 0.6 is 0 Å². The molecule has 0 aliphatic rings. The lowest BCUT2D eigenvalue weighted by molar-refractivity contribution is -0.385. The Morgan fingerprint density at radius 3 is 2.42 bits per heavy atom. The van der Waals surface area contributed by atoms with Gasteiger partial charge in [-0.3, -0.25) is 10.1 Å². The zero-order valence-corrected chi connectivity index (χ0v) is 5.89. The number of nitrogens with two attached hydrogens (primary N) is 1. The van der Waals surface area contributed by atoms with Crippen LogP contribution in [0.3, 0.4) is 0 Å². The first-order chi connectivity index (χ1) is 5.52. The monoisotopic (exact) mass is 170 g/mol. The van der Waals surface area contributed by atoms with Crippen molar-refractivity contribution in [3.05, 3.63) is 22.2 Å². The van der Waals surface area contributed by atoms with Crippen LogP contribution in [0.4, 0.5) is 11.4 Å². The third-order valence-electron chi connectivity index (χ3n) is 1.32. The Morgan fingerprint density at radius 1 is 1.33 bits per heavy atom. The van der Waals surface area contributed by atoms with Crippen molar-refractivity contribution in [2.75, 3.05) is 5.73 Å². The number of phenolic OH excluding ortho intramolecular Hbond substituents is 2. The van der Waals surface area contributed by atoms with Gasteiger partial charge in [-0.05, 0) is 0 Å². The van der Waals surface area contributed by atoms with E-state index in [1.807, 2.05) is 0 Å². The fourth-order valence-corrected chi connectivity index (χ4v) is 0.728. The van der Waals surface area contributed by atoms with E-state index < -0.39 is 16.4 Å². The lowest BCUT2D eigenvalue weighted by Gasteiger charge is -1.99. The van der Waals surface area contributed by atoms with Crippen molar-refractivity contribution in [2.45, 2.75) is 0 Å². The number of aromatic hydroxyl groups is 2. The molecule has 0 saturated heterocycles. The molecule has 0 spiro atoms. The Kier molecular flexibility index (Phi) is 1.74. The highest BCUT2D eigenvalue weighted by molar-refractivity contribution is 5.63. The molecule has 1 aromatic carbocycles. The molecule has 6 heteroatoms. The largest absolute Gasteiger partial charge is 0.506 e. The Labute approximate surface area is 67.0 Å². The van der Waals surface area contributed by atoms with Gasteiger partial charge >= 0.3 is 5.69 Å². The van der Waals surface area contributed by atoms with Crippen LogP contribution in [-0.2, 0) is 0 Å². The van der Waals surface area contributed by atoms with Gasteiger partial charge in [0.2, 0.25) is 0 Å². The van der Waals surface area contributed by atoms with E-state index in [0.29, 0.717) is 0 Å². The average Bonchev–Trinajstić information content (AvgIpc) is 1.96. The molecular weight excluding hydrogens is 164 g/mol. The molecule has 0 saturated carbocycles. The number of nitro groups is 1. The zero-order chi connectivity index (χ0) is 9.30. The first-order valence-electron chi connectivity index (χ1n) is 2.98. The van der Waals surface area contributed by atoms with Crippen LogP contribution in [0.2, 0.25) is 0 Å². The summed E-state index contributed by atoms with van der Waals surface area (Å²) >= 11 is 0. The summed E-state index contributed by atoms with van der Waals surface area (Å²) in [6.45, 7) is 0. The minimum atomic E-state index is -0.787. The molecule has 0 bridgehead atoms. The van der Waals surface area contributed by atoms with Crippen molar-refractivity contribution >= 4 is 11.4 Å². The molecule has 0 amide bonds. The van der Waals surface area contributed by atoms with Crippen molar-refractivity contribution in [3.63, 3.8) is 0 Å². The predicted octanol–water partition coefficient (Wildman–Crippen LogP) is 0.588. The van der Waals surface area contributed by atoms with Gasteiger partial charge in [0, 0.05) is 12.1 Å². The maximum absolute atomic E-state index is 10.2. The second-order valence-electron chi connectivity index (χ2n) is 2.16. The number of phenols is 2. The Bertz CT molecular complexity index is 337. The summed E-state index contributed by atoms with van der Waals surface area (Å²) in [5.41, 5.74) is 4.50. The van der Waals surface area contributed by atoms with E-state index in [4.69, 9.17) is 15.9 Å². The number of nitrogens with zero attached hydrogens (tertiary/aromatic N) is 1. The van der Waals surface area contributed by atoms with Gasteiger partial charge in [0.25, 0.3) is 0 Å². The number of nitrogen functional groups attached to an aromatic ring is 1. The van der Waals surface area contributed by atoms with Crippen LogP contribution in [0.15, 0.2) is 12.1 Å². The summed E-state index contributed by atoms with van der Waals surface area (Å²) in [5, 5.41) is 28.0. The Hall–Kier alpha value is -1.98. The van der Waals surface area contributed by atoms with Crippen molar-refractivity contribution in [3.8, 4) is 11.5 Å². The number of anilines is 1. The molecule has 0 fully saturated rings. The topological polar surface area (TPSA) is 110 Å². The van der Waals surface area contributed by atoms with Crippen LogP contribution < -0.4 is 5.73 Å². The first-order valence-corrected chi connectivity index (χ1v) is 2.98. The second-order valence-corrected chi connectivity index (χ2v) is 2.16. The van der Waals surface area contributed by atoms with Crippen LogP contribution in [0.25, 0.3) is 0 Å². The van der Waals surface area contributed by atoms with Crippen molar-refractivity contribution in [1.29, 1.82) is 0 Å². The Balaban J connectivity index is 3.33. The summed E-state index contributed by atoms with van der Waals surface area (Å²) in [6, 6.07) is 1.72. The van der Waals surface area contributed by atoms with Crippen LogP contribution in [-0.4, -0.2) is 15.1 Å². The normalized spacial score (nSPS) is 9.67. The summed E-state index contributed by atoms with van der Waals surface area (Å²) in [4.78, 5) is 9.41. The molecule has 0 aromatic heterocycles. The molecule has 0 aliphatic carbocycles. The maximum Gasteiger partial charge on any atom is 0.313 e. The summed E-state index contributed by atoms with van der Waals surface area (Å²) in [7, 11) is 0. The molecule has 12 heavy (non-hydrogen) atoms. The number of benzene rings is 1. The van der Waals surface area contributed by atoms with Gasteiger partial charge in [-0.1, -0.05) is 0 Å². The Morgan fingerprint density at radius 2 is 1.92 bits per heavy atom. The van der Waals surface area contributed by atoms with E-state index >= 15 is 0 Å². The van der Waals surface area contributed by atoms with Gasteiger partial charge in [0.05, 0.1) is 10.6 Å². The molecule has 1 aromatic rings. The fraction of sp³-hybridized carbons (Fsp3) is 0. The van der Waals surface area contributed by atoms with E-state index in [1.54, 1.807) is 0 Å². The van der Waals surface area contributed by atoms with Gasteiger partial charge in [0.1, 0.15) is 5.75 Å². The number of nitro benzene ring substituents is 1. The smallest absolute Gasteiger partial charge is 0.313 e. The highest BCUT2D eigenvalue weighted by Crippen LogP contribution is 2.33. The zero-order valence-electron chi connectivity index (χ0n) is 5.89. The molecule has 1 rings (SSSR count). The van der Waals surface area contributed by atoms with Crippen LogP contribution in [0, 0.1) is 10.1 Å². The van der Waals surface area contributed by atoms with E-state index in [0.717, 1.165) is 12.1 Å². The number of hydrogen-bond acceptors (Lipinski definition) is 5. The predicted molar refractivity (Wildman–Crippen MR) is 40.8 cm³/mol. The van der Waals surface area contributed by atoms with E-state index in [-0.39, 0.29) is 11.4 Å². The number of hydrogen-bond donors (Lipinski definition) is 3. The molecule has 0 heterocycles. The van der Waals surface area contributed by atoms with E-state index in [1.165, 1.54) is 0 Å². The third-order valence-corrected chi connectivity index (χ3v) is 1.32. The first kappa shape index (κ1) is 8.12. The molecule has 0 unspecified atom stereocenters. The van der Waals surface area contributed by atoms with Gasteiger partial charge in [-0.25, -0.2) is 0 Å². The average molecular weight is 170 g/mol. The minimum Gasteiger partial charge on any atom is -0.506 e. The maximum atomic E-state index is 10.2. The lowest BCUT2D eigenvalue weighted by Crippen LogP contribution is -1.92. The standard InChI is InChI=1S/C6H6N2O4/c7-3-1-4(8(11)12)6(10)2-5(3)9/h1-2,9-10H,7H2. The van der Waals surface area contributed by atoms with Crippen molar-refractivity contribution in [1.82, 2.24) is 0 Å². The van der Waals surface area contributed by atoms with Crippen LogP contribution in [0.1, 0.15) is 0 Å². The van der Waals surface area contributed by atoms with Crippen molar-refractivity contribution < 1.29 is 15.1 Å². The minimum absolute atomic E-state index is 0.139. The summed E-state index contributed by atoms with van der Waals surface area (Å²) in [6.07, 6.45) is 0. The molecule has 64 valence electrons. The summed E-state index contributed by atoms with van der Waals surface area (Å²) < 4.78 is 0. The van der Waals surface area contributed by atoms with Gasteiger partial charge in [-0.15, -0.1) is 0 Å². The van der Waals surface area contributed by atoms with Crippen LogP contribution in [0.5, 0.6) is 11.5 Å². The molecule has 6 nitrogen and oxygen atoms in total. The molecule has 0 aliphatic heterocycles. The highest BCUT2D eigenvalue weighted by atomic mass is 16.6. The van der Waals surface area contributed by atoms with Gasteiger partial charge in [0.15, 0.2) is 5.75 Å².